The van der Waals surface area contributed by atoms with Crippen LogP contribution in [0.5, 0.6) is 0 Å². The Morgan fingerprint density at radius 1 is 1.19 bits per heavy atom. The second-order valence-electron chi connectivity index (χ2n) is 5.08. The molecular formula is C16H13BrN2O2. The molecule has 106 valence electrons. The van der Waals surface area contributed by atoms with Crippen molar-refractivity contribution in [3.63, 3.8) is 0 Å². The lowest BCUT2D eigenvalue weighted by molar-refractivity contribution is -0.384. The Morgan fingerprint density at radius 3 is 2.52 bits per heavy atom. The fourth-order valence-corrected chi connectivity index (χ4v) is 2.54. The van der Waals surface area contributed by atoms with Crippen LogP contribution in [0.2, 0.25) is 0 Å². The number of rotatable bonds is 4. The monoisotopic (exact) mass is 344 g/mol. The molecule has 4 nitrogen and oxygen atoms in total. The molecule has 5 heteroatoms. The van der Waals surface area contributed by atoms with E-state index in [-0.39, 0.29) is 5.69 Å². The molecular weight excluding hydrogens is 332 g/mol. The zero-order valence-electron chi connectivity index (χ0n) is 11.2. The number of hydrogen-bond acceptors (Lipinski definition) is 3. The molecule has 0 amide bonds. The standard InChI is InChI=1S/C16H13BrN2O2/c17-13-5-8-15(12-3-4-12)16(9-13)18-10-11-1-6-14(7-2-11)19(20)21/h1-2,5-10,12H,3-4H2. The van der Waals surface area contributed by atoms with Crippen molar-refractivity contribution < 1.29 is 4.92 Å². The Morgan fingerprint density at radius 2 is 1.90 bits per heavy atom. The van der Waals surface area contributed by atoms with Crippen LogP contribution < -0.4 is 0 Å². The predicted octanol–water partition coefficient (Wildman–Crippen LogP) is 4.99. The molecule has 0 radical (unpaired) electrons. The molecule has 1 aliphatic carbocycles. The lowest BCUT2D eigenvalue weighted by Gasteiger charge is -2.04. The number of benzene rings is 2. The van der Waals surface area contributed by atoms with Crippen molar-refractivity contribution >= 4 is 33.5 Å². The van der Waals surface area contributed by atoms with Gasteiger partial charge in [0.15, 0.2) is 0 Å². The fraction of sp³-hybridized carbons (Fsp3) is 0.188. The lowest BCUT2D eigenvalue weighted by atomic mass is 10.1. The van der Waals surface area contributed by atoms with Crippen LogP contribution in [0.1, 0.15) is 29.9 Å². The third-order valence-corrected chi connectivity index (χ3v) is 3.96. The van der Waals surface area contributed by atoms with Crippen molar-refractivity contribution in [3.05, 3.63) is 68.2 Å². The van der Waals surface area contributed by atoms with Crippen molar-refractivity contribution in [2.45, 2.75) is 18.8 Å². The summed E-state index contributed by atoms with van der Waals surface area (Å²) in [6.45, 7) is 0. The quantitative estimate of drug-likeness (QED) is 0.445. The van der Waals surface area contributed by atoms with Crippen LogP contribution in [-0.4, -0.2) is 11.1 Å². The number of hydrogen-bond donors (Lipinski definition) is 0. The summed E-state index contributed by atoms with van der Waals surface area (Å²) in [5.41, 5.74) is 3.18. The van der Waals surface area contributed by atoms with Gasteiger partial charge in [0, 0.05) is 22.8 Å². The summed E-state index contributed by atoms with van der Waals surface area (Å²) < 4.78 is 1.00. The summed E-state index contributed by atoms with van der Waals surface area (Å²) in [4.78, 5) is 14.8. The minimum Gasteiger partial charge on any atom is -0.258 e. The van der Waals surface area contributed by atoms with Crippen LogP contribution in [0.25, 0.3) is 0 Å². The zero-order valence-corrected chi connectivity index (χ0v) is 12.8. The van der Waals surface area contributed by atoms with E-state index in [2.05, 4.69) is 27.0 Å². The van der Waals surface area contributed by atoms with Gasteiger partial charge >= 0.3 is 0 Å². The van der Waals surface area contributed by atoms with Crippen LogP contribution in [0.15, 0.2) is 51.9 Å². The minimum atomic E-state index is -0.402. The van der Waals surface area contributed by atoms with E-state index in [1.807, 2.05) is 12.1 Å². The molecule has 0 spiro atoms. The Balaban J connectivity index is 1.85. The normalized spacial score (nSPS) is 14.5. The Labute approximate surface area is 130 Å². The van der Waals surface area contributed by atoms with Gasteiger partial charge in [-0.3, -0.25) is 15.1 Å². The average molecular weight is 345 g/mol. The first-order valence-corrected chi connectivity index (χ1v) is 7.51. The summed E-state index contributed by atoms with van der Waals surface area (Å²) in [5, 5.41) is 10.6. The maximum absolute atomic E-state index is 10.6. The van der Waals surface area contributed by atoms with Crippen LogP contribution >= 0.6 is 15.9 Å². The van der Waals surface area contributed by atoms with Crippen LogP contribution in [0, 0.1) is 10.1 Å². The van der Waals surface area contributed by atoms with Gasteiger partial charge in [0.05, 0.1) is 10.6 Å². The first-order valence-electron chi connectivity index (χ1n) is 6.71. The lowest BCUT2D eigenvalue weighted by Crippen LogP contribution is -1.88. The zero-order chi connectivity index (χ0) is 14.8. The Hall–Kier alpha value is -2.01. The topological polar surface area (TPSA) is 55.5 Å². The molecule has 3 rings (SSSR count). The summed E-state index contributed by atoms with van der Waals surface area (Å²) in [6.07, 6.45) is 4.20. The highest BCUT2D eigenvalue weighted by Gasteiger charge is 2.25. The van der Waals surface area contributed by atoms with Gasteiger partial charge in [0.2, 0.25) is 0 Å². The minimum absolute atomic E-state index is 0.0910. The smallest absolute Gasteiger partial charge is 0.258 e. The van der Waals surface area contributed by atoms with Crippen molar-refractivity contribution in [3.8, 4) is 0 Å². The molecule has 1 fully saturated rings. The van der Waals surface area contributed by atoms with E-state index in [1.165, 1.54) is 30.5 Å². The first kappa shape index (κ1) is 13.9. The van der Waals surface area contributed by atoms with E-state index in [1.54, 1.807) is 18.3 Å². The van der Waals surface area contributed by atoms with Crippen LogP contribution in [-0.2, 0) is 0 Å². The molecule has 0 unspecified atom stereocenters. The summed E-state index contributed by atoms with van der Waals surface area (Å²) in [7, 11) is 0. The van der Waals surface area contributed by atoms with Gasteiger partial charge < -0.3 is 0 Å². The second kappa shape index (κ2) is 5.77. The first-order chi connectivity index (χ1) is 10.1. The van der Waals surface area contributed by atoms with E-state index in [0.29, 0.717) is 5.92 Å². The molecule has 2 aromatic rings. The van der Waals surface area contributed by atoms with E-state index >= 15 is 0 Å². The maximum Gasteiger partial charge on any atom is 0.269 e. The highest BCUT2D eigenvalue weighted by atomic mass is 79.9. The third kappa shape index (κ3) is 3.36. The number of aliphatic imine (C=N–C) groups is 1. The Kier molecular flexibility index (Phi) is 3.84. The van der Waals surface area contributed by atoms with Crippen molar-refractivity contribution in [2.24, 2.45) is 4.99 Å². The van der Waals surface area contributed by atoms with E-state index in [0.717, 1.165) is 15.7 Å². The molecule has 1 saturated carbocycles. The summed E-state index contributed by atoms with van der Waals surface area (Å²) in [6, 6.07) is 12.6. The van der Waals surface area contributed by atoms with E-state index in [4.69, 9.17) is 0 Å². The van der Waals surface area contributed by atoms with Crippen molar-refractivity contribution in [2.75, 3.05) is 0 Å². The predicted molar refractivity (Wildman–Crippen MR) is 86.5 cm³/mol. The SMILES string of the molecule is O=[N+]([O-])c1ccc(C=Nc2cc(Br)ccc2C2CC2)cc1. The highest BCUT2D eigenvalue weighted by molar-refractivity contribution is 9.10. The average Bonchev–Trinajstić information content (AvgIpc) is 3.30. The molecule has 21 heavy (non-hydrogen) atoms. The van der Waals surface area contributed by atoms with E-state index in [9.17, 15) is 10.1 Å². The molecule has 0 saturated heterocycles. The number of halogens is 1. The van der Waals surface area contributed by atoms with Gasteiger partial charge in [-0.05, 0) is 54.2 Å². The summed E-state index contributed by atoms with van der Waals surface area (Å²) in [5.74, 6) is 0.627. The molecule has 0 bridgehead atoms. The van der Waals surface area contributed by atoms with Crippen molar-refractivity contribution in [1.29, 1.82) is 0 Å². The van der Waals surface area contributed by atoms with Gasteiger partial charge in [0.25, 0.3) is 5.69 Å². The van der Waals surface area contributed by atoms with Gasteiger partial charge in [-0.15, -0.1) is 0 Å². The van der Waals surface area contributed by atoms with E-state index < -0.39 is 4.92 Å². The van der Waals surface area contributed by atoms with Gasteiger partial charge in [-0.1, -0.05) is 22.0 Å². The third-order valence-electron chi connectivity index (χ3n) is 3.47. The van der Waals surface area contributed by atoms with Gasteiger partial charge in [-0.2, -0.15) is 0 Å². The van der Waals surface area contributed by atoms with Crippen LogP contribution in [0.4, 0.5) is 11.4 Å². The number of non-ortho nitro benzene ring substituents is 1. The van der Waals surface area contributed by atoms with Crippen LogP contribution in [0.3, 0.4) is 0 Å². The maximum atomic E-state index is 10.6. The number of nitrogens with zero attached hydrogens (tertiary/aromatic N) is 2. The molecule has 0 aromatic heterocycles. The highest BCUT2D eigenvalue weighted by Crippen LogP contribution is 2.44. The number of nitro groups is 1. The molecule has 1 aliphatic rings. The fourth-order valence-electron chi connectivity index (χ4n) is 2.19. The molecule has 2 aromatic carbocycles. The van der Waals surface area contributed by atoms with Gasteiger partial charge in [-0.25, -0.2) is 0 Å². The molecule has 0 heterocycles. The van der Waals surface area contributed by atoms with Gasteiger partial charge in [0.1, 0.15) is 0 Å². The second-order valence-corrected chi connectivity index (χ2v) is 6.00. The largest absolute Gasteiger partial charge is 0.269 e. The molecule has 0 atom stereocenters. The molecule has 0 aliphatic heterocycles. The number of nitro benzene ring substituents is 1. The molecule has 0 N–H and O–H groups in total. The van der Waals surface area contributed by atoms with Crippen molar-refractivity contribution in [1.82, 2.24) is 0 Å². The summed E-state index contributed by atoms with van der Waals surface area (Å²) >= 11 is 3.47. The Bertz CT molecular complexity index is 707.